The lowest BCUT2D eigenvalue weighted by atomic mass is 10.0. The van der Waals surface area contributed by atoms with Crippen LogP contribution in [0.3, 0.4) is 0 Å². The van der Waals surface area contributed by atoms with E-state index in [1.54, 1.807) is 48.5 Å². The van der Waals surface area contributed by atoms with Crippen LogP contribution in [-0.4, -0.2) is 36.9 Å². The van der Waals surface area contributed by atoms with Crippen LogP contribution >= 0.6 is 0 Å². The zero-order valence-corrected chi connectivity index (χ0v) is 20.5. The Morgan fingerprint density at radius 3 is 2.08 bits per heavy atom. The number of benzene rings is 3. The van der Waals surface area contributed by atoms with Crippen LogP contribution in [0.4, 0.5) is 0 Å². The van der Waals surface area contributed by atoms with Crippen molar-refractivity contribution >= 4 is 0 Å². The highest BCUT2D eigenvalue weighted by molar-refractivity contribution is 5.70. The zero-order valence-electron chi connectivity index (χ0n) is 20.5. The molecule has 0 aliphatic rings. The van der Waals surface area contributed by atoms with Crippen LogP contribution < -0.4 is 4.74 Å². The highest BCUT2D eigenvalue weighted by Crippen LogP contribution is 2.30. The van der Waals surface area contributed by atoms with Crippen LogP contribution in [0.2, 0.25) is 0 Å². The van der Waals surface area contributed by atoms with Gasteiger partial charge in [0.1, 0.15) is 35.7 Å². The van der Waals surface area contributed by atoms with Crippen molar-refractivity contribution < 1.29 is 20.1 Å². The second-order valence-corrected chi connectivity index (χ2v) is 8.32. The van der Waals surface area contributed by atoms with Gasteiger partial charge in [-0.25, -0.2) is 15.0 Å². The van der Waals surface area contributed by atoms with Gasteiger partial charge in [-0.2, -0.15) is 0 Å². The second-order valence-electron chi connectivity index (χ2n) is 8.32. The molecule has 3 N–H and O–H groups in total. The molecule has 0 saturated carbocycles. The molecule has 0 amide bonds. The molecule has 0 aliphatic carbocycles. The largest absolute Gasteiger partial charge is 0.508 e. The van der Waals surface area contributed by atoms with Gasteiger partial charge in [0, 0.05) is 11.6 Å². The highest BCUT2D eigenvalue weighted by atomic mass is 16.5. The van der Waals surface area contributed by atoms with Gasteiger partial charge in [0.15, 0.2) is 5.82 Å². The first-order chi connectivity index (χ1) is 17.6. The summed E-state index contributed by atoms with van der Waals surface area (Å²) in [6.07, 6.45) is 10.2. The lowest BCUT2D eigenvalue weighted by Crippen LogP contribution is -1.97. The van der Waals surface area contributed by atoms with Gasteiger partial charge >= 0.3 is 0 Å². The Hall–Kier alpha value is -4.13. The van der Waals surface area contributed by atoms with Crippen LogP contribution in [0.5, 0.6) is 23.0 Å². The summed E-state index contributed by atoms with van der Waals surface area (Å²) in [6.45, 7) is 2.90. The number of aromatic hydroxyl groups is 3. The van der Waals surface area contributed by atoms with Gasteiger partial charge in [0.05, 0.1) is 12.2 Å². The minimum atomic E-state index is 0.117. The molecule has 0 unspecified atom stereocenters. The molecule has 1 heterocycles. The molecule has 0 aliphatic heterocycles. The number of ether oxygens (including phenoxy) is 1. The summed E-state index contributed by atoms with van der Waals surface area (Å²) in [5.74, 6) is 1.72. The minimum Gasteiger partial charge on any atom is -0.508 e. The fourth-order valence-corrected chi connectivity index (χ4v) is 3.60. The molecule has 3 aromatic carbocycles. The number of para-hydroxylation sites is 1. The topological polar surface area (TPSA) is 109 Å². The van der Waals surface area contributed by atoms with E-state index >= 15 is 0 Å². The zero-order chi connectivity index (χ0) is 25.6. The third-order valence-electron chi connectivity index (χ3n) is 5.55. The number of phenolic OH excluding ortho intramolecular Hbond substituents is 3. The van der Waals surface area contributed by atoms with Crippen molar-refractivity contribution in [2.75, 3.05) is 6.61 Å². The number of hydrogen-bond acceptors (Lipinski definition) is 7. The summed E-state index contributed by atoms with van der Waals surface area (Å²) < 4.78 is 5.67. The molecule has 188 valence electrons. The molecule has 0 atom stereocenters. The SMILES string of the molecule is CCCCCCCCOc1ccc(-c2ncncn2)c(O)c1.Oc1ccc(-c2ccccc2O)cc1. The number of rotatable bonds is 10. The number of hydrogen-bond donors (Lipinski definition) is 3. The Morgan fingerprint density at radius 1 is 0.694 bits per heavy atom. The standard InChI is InChI=1S/C17H23N3O2.C12H10O2/c1-2-3-4-5-6-7-10-22-14-8-9-15(16(21)11-14)17-19-12-18-13-20-17;13-10-7-5-9(6-8-10)11-3-1-2-4-12(11)14/h8-9,11-13,21H,2-7,10H2,1H3;1-8,13-14H. The first-order valence-corrected chi connectivity index (χ1v) is 12.2. The van der Waals surface area contributed by atoms with Crippen LogP contribution in [0.15, 0.2) is 79.4 Å². The molecule has 7 heteroatoms. The highest BCUT2D eigenvalue weighted by Gasteiger charge is 2.08. The monoisotopic (exact) mass is 487 g/mol. The average molecular weight is 488 g/mol. The van der Waals surface area contributed by atoms with E-state index in [9.17, 15) is 10.2 Å². The van der Waals surface area contributed by atoms with E-state index in [4.69, 9.17) is 9.84 Å². The summed E-state index contributed by atoms with van der Waals surface area (Å²) in [5.41, 5.74) is 2.24. The van der Waals surface area contributed by atoms with Crippen molar-refractivity contribution in [3.8, 4) is 45.5 Å². The number of nitrogens with zero attached hydrogens (tertiary/aromatic N) is 3. The molecular formula is C29H33N3O4. The predicted molar refractivity (Wildman–Crippen MR) is 141 cm³/mol. The summed E-state index contributed by atoms with van der Waals surface area (Å²) >= 11 is 0. The minimum absolute atomic E-state index is 0.117. The molecule has 36 heavy (non-hydrogen) atoms. The fraction of sp³-hybridized carbons (Fsp3) is 0.276. The van der Waals surface area contributed by atoms with Crippen LogP contribution in [0, 0.1) is 0 Å². The van der Waals surface area contributed by atoms with Gasteiger partial charge in [0.2, 0.25) is 0 Å². The van der Waals surface area contributed by atoms with Crippen molar-refractivity contribution in [1.82, 2.24) is 15.0 Å². The van der Waals surface area contributed by atoms with E-state index < -0.39 is 0 Å². The molecule has 0 bridgehead atoms. The summed E-state index contributed by atoms with van der Waals surface area (Å²) in [4.78, 5) is 11.8. The van der Waals surface area contributed by atoms with E-state index in [0.29, 0.717) is 23.7 Å². The Kier molecular flexibility index (Phi) is 10.5. The normalized spacial score (nSPS) is 10.4. The fourth-order valence-electron chi connectivity index (χ4n) is 3.60. The first-order valence-electron chi connectivity index (χ1n) is 12.2. The average Bonchev–Trinajstić information content (AvgIpc) is 2.90. The Morgan fingerprint density at radius 2 is 1.39 bits per heavy atom. The molecule has 0 radical (unpaired) electrons. The Labute approximate surface area is 212 Å². The lowest BCUT2D eigenvalue weighted by molar-refractivity contribution is 0.303. The van der Waals surface area contributed by atoms with Crippen molar-refractivity contribution in [3.63, 3.8) is 0 Å². The molecule has 0 spiro atoms. The quantitative estimate of drug-likeness (QED) is 0.212. The van der Waals surface area contributed by atoms with Crippen LogP contribution in [0.25, 0.3) is 22.5 Å². The van der Waals surface area contributed by atoms with E-state index in [0.717, 1.165) is 17.5 Å². The van der Waals surface area contributed by atoms with E-state index in [1.807, 2.05) is 18.2 Å². The number of phenols is 3. The van der Waals surface area contributed by atoms with Gasteiger partial charge in [-0.1, -0.05) is 69.4 Å². The predicted octanol–water partition coefficient (Wildman–Crippen LogP) is 6.75. The third kappa shape index (κ3) is 8.27. The summed E-state index contributed by atoms with van der Waals surface area (Å²) in [6, 6.07) is 19.1. The number of aromatic nitrogens is 3. The van der Waals surface area contributed by atoms with Crippen molar-refractivity contribution in [2.45, 2.75) is 45.4 Å². The van der Waals surface area contributed by atoms with Crippen molar-refractivity contribution in [1.29, 1.82) is 0 Å². The van der Waals surface area contributed by atoms with Crippen molar-refractivity contribution in [3.05, 3.63) is 79.4 Å². The smallest absolute Gasteiger partial charge is 0.166 e. The third-order valence-corrected chi connectivity index (χ3v) is 5.55. The van der Waals surface area contributed by atoms with Crippen LogP contribution in [0.1, 0.15) is 45.4 Å². The van der Waals surface area contributed by atoms with Crippen molar-refractivity contribution in [2.24, 2.45) is 0 Å². The maximum atomic E-state index is 10.1. The molecule has 4 aromatic rings. The van der Waals surface area contributed by atoms with Gasteiger partial charge in [-0.3, -0.25) is 0 Å². The Balaban J connectivity index is 0.000000221. The van der Waals surface area contributed by atoms with Gasteiger partial charge in [-0.05, 0) is 42.3 Å². The molecule has 4 rings (SSSR count). The lowest BCUT2D eigenvalue weighted by Gasteiger charge is -2.08. The maximum absolute atomic E-state index is 10.1. The van der Waals surface area contributed by atoms with E-state index in [1.165, 1.54) is 44.8 Å². The van der Waals surface area contributed by atoms with E-state index in [2.05, 4.69) is 21.9 Å². The first kappa shape index (κ1) is 26.5. The van der Waals surface area contributed by atoms with Gasteiger partial charge < -0.3 is 20.1 Å². The van der Waals surface area contributed by atoms with E-state index in [-0.39, 0.29) is 17.2 Å². The molecule has 1 aromatic heterocycles. The maximum Gasteiger partial charge on any atom is 0.166 e. The molecule has 7 nitrogen and oxygen atoms in total. The number of unbranched alkanes of at least 4 members (excludes halogenated alkanes) is 5. The Bertz CT molecular complexity index is 1180. The molecular weight excluding hydrogens is 454 g/mol. The second kappa shape index (κ2) is 14.3. The van der Waals surface area contributed by atoms with Gasteiger partial charge in [0.25, 0.3) is 0 Å². The summed E-state index contributed by atoms with van der Waals surface area (Å²) in [5, 5.41) is 28.7. The van der Waals surface area contributed by atoms with Gasteiger partial charge in [-0.15, -0.1) is 0 Å². The molecule has 0 saturated heterocycles. The summed E-state index contributed by atoms with van der Waals surface area (Å²) in [7, 11) is 0. The van der Waals surface area contributed by atoms with Crippen LogP contribution in [-0.2, 0) is 0 Å². The molecule has 0 fully saturated rings.